The first-order valence-corrected chi connectivity index (χ1v) is 6.32. The van der Waals surface area contributed by atoms with Crippen LogP contribution in [0.25, 0.3) is 0 Å². The Morgan fingerprint density at radius 3 is 2.59 bits per heavy atom. The van der Waals surface area contributed by atoms with Gasteiger partial charge in [-0.1, -0.05) is 26.0 Å². The SMILES string of the molecule is Cc1ccc(C(C)C)c2c1C(O)CC(C)(C)O2. The van der Waals surface area contributed by atoms with Gasteiger partial charge < -0.3 is 9.84 Å². The Bertz CT molecular complexity index is 433. The molecule has 17 heavy (non-hydrogen) atoms. The van der Waals surface area contributed by atoms with Crippen molar-refractivity contribution in [3.8, 4) is 5.75 Å². The number of fused-ring (bicyclic) bond motifs is 1. The predicted octanol–water partition coefficient (Wildman–Crippen LogP) is 3.71. The first kappa shape index (κ1) is 12.4. The third-order valence-corrected chi connectivity index (χ3v) is 3.46. The van der Waals surface area contributed by atoms with Crippen molar-refractivity contribution in [3.63, 3.8) is 0 Å². The maximum absolute atomic E-state index is 10.3. The largest absolute Gasteiger partial charge is 0.487 e. The molecular weight excluding hydrogens is 212 g/mol. The second-order valence-corrected chi connectivity index (χ2v) is 5.95. The molecule has 1 N–H and O–H groups in total. The van der Waals surface area contributed by atoms with Gasteiger partial charge in [-0.25, -0.2) is 0 Å². The summed E-state index contributed by atoms with van der Waals surface area (Å²) in [5, 5.41) is 10.3. The summed E-state index contributed by atoms with van der Waals surface area (Å²) in [5.41, 5.74) is 3.00. The highest BCUT2D eigenvalue weighted by Gasteiger charge is 2.35. The smallest absolute Gasteiger partial charge is 0.129 e. The fourth-order valence-corrected chi connectivity index (χ4v) is 2.58. The van der Waals surface area contributed by atoms with Gasteiger partial charge in [-0.2, -0.15) is 0 Å². The molecule has 1 atom stereocenters. The number of aryl methyl sites for hydroxylation is 1. The van der Waals surface area contributed by atoms with E-state index in [1.165, 1.54) is 5.56 Å². The first-order chi connectivity index (χ1) is 7.82. The van der Waals surface area contributed by atoms with Crippen LogP contribution in [-0.2, 0) is 0 Å². The molecule has 0 aromatic heterocycles. The van der Waals surface area contributed by atoms with E-state index < -0.39 is 6.10 Å². The quantitative estimate of drug-likeness (QED) is 0.802. The summed E-state index contributed by atoms with van der Waals surface area (Å²) in [6, 6.07) is 4.20. The van der Waals surface area contributed by atoms with Crippen LogP contribution in [0, 0.1) is 6.92 Å². The van der Waals surface area contributed by atoms with Crippen LogP contribution in [0.5, 0.6) is 5.75 Å². The molecule has 2 rings (SSSR count). The summed E-state index contributed by atoms with van der Waals surface area (Å²) >= 11 is 0. The molecule has 94 valence electrons. The predicted molar refractivity (Wildman–Crippen MR) is 69.6 cm³/mol. The Hall–Kier alpha value is -1.02. The van der Waals surface area contributed by atoms with Crippen molar-refractivity contribution < 1.29 is 9.84 Å². The van der Waals surface area contributed by atoms with E-state index in [4.69, 9.17) is 4.74 Å². The van der Waals surface area contributed by atoms with Crippen molar-refractivity contribution in [2.75, 3.05) is 0 Å². The summed E-state index contributed by atoms with van der Waals surface area (Å²) in [4.78, 5) is 0. The maximum atomic E-state index is 10.3. The van der Waals surface area contributed by atoms with Gasteiger partial charge in [0.2, 0.25) is 0 Å². The normalized spacial score (nSPS) is 22.2. The second-order valence-electron chi connectivity index (χ2n) is 5.95. The molecule has 2 heteroatoms. The van der Waals surface area contributed by atoms with Gasteiger partial charge in [0.05, 0.1) is 6.10 Å². The lowest BCUT2D eigenvalue weighted by molar-refractivity contribution is 0.0101. The number of ether oxygens (including phenoxy) is 1. The molecule has 0 bridgehead atoms. The van der Waals surface area contributed by atoms with Gasteiger partial charge in [0.15, 0.2) is 0 Å². The number of rotatable bonds is 1. The molecule has 0 amide bonds. The Kier molecular flexibility index (Phi) is 2.94. The van der Waals surface area contributed by atoms with Gasteiger partial charge in [0, 0.05) is 12.0 Å². The summed E-state index contributed by atoms with van der Waals surface area (Å²) < 4.78 is 6.10. The highest BCUT2D eigenvalue weighted by Crippen LogP contribution is 2.44. The molecule has 1 aromatic carbocycles. The highest BCUT2D eigenvalue weighted by atomic mass is 16.5. The van der Waals surface area contributed by atoms with Crippen LogP contribution in [0.3, 0.4) is 0 Å². The highest BCUT2D eigenvalue weighted by molar-refractivity contribution is 5.50. The van der Waals surface area contributed by atoms with Crippen molar-refractivity contribution in [2.24, 2.45) is 0 Å². The molecule has 1 heterocycles. The number of hydrogen-bond acceptors (Lipinski definition) is 2. The minimum atomic E-state index is -0.410. The lowest BCUT2D eigenvalue weighted by Crippen LogP contribution is -2.35. The number of benzene rings is 1. The Balaban J connectivity index is 2.61. The van der Waals surface area contributed by atoms with E-state index >= 15 is 0 Å². The average Bonchev–Trinajstić information content (AvgIpc) is 2.14. The zero-order valence-electron chi connectivity index (χ0n) is 11.4. The van der Waals surface area contributed by atoms with Gasteiger partial charge in [-0.3, -0.25) is 0 Å². The van der Waals surface area contributed by atoms with Crippen molar-refractivity contribution in [3.05, 3.63) is 28.8 Å². The van der Waals surface area contributed by atoms with Gasteiger partial charge >= 0.3 is 0 Å². The van der Waals surface area contributed by atoms with E-state index in [1.807, 2.05) is 20.8 Å². The third-order valence-electron chi connectivity index (χ3n) is 3.46. The molecule has 0 radical (unpaired) electrons. The van der Waals surface area contributed by atoms with Gasteiger partial charge in [-0.15, -0.1) is 0 Å². The standard InChI is InChI=1S/C15H22O2/c1-9(2)11-7-6-10(3)13-12(16)8-15(4,5)17-14(11)13/h6-7,9,12,16H,8H2,1-5H3. The Morgan fingerprint density at radius 1 is 1.35 bits per heavy atom. The lowest BCUT2D eigenvalue weighted by Gasteiger charge is -2.38. The van der Waals surface area contributed by atoms with Gasteiger partial charge in [0.25, 0.3) is 0 Å². The third kappa shape index (κ3) is 2.19. The maximum Gasteiger partial charge on any atom is 0.129 e. The van der Waals surface area contributed by atoms with E-state index in [0.717, 1.165) is 16.9 Å². The average molecular weight is 234 g/mol. The molecule has 1 unspecified atom stereocenters. The van der Waals surface area contributed by atoms with Crippen LogP contribution in [0.1, 0.15) is 62.8 Å². The summed E-state index contributed by atoms with van der Waals surface area (Å²) in [7, 11) is 0. The zero-order chi connectivity index (χ0) is 12.8. The van der Waals surface area contributed by atoms with E-state index in [-0.39, 0.29) is 5.60 Å². The van der Waals surface area contributed by atoms with E-state index in [9.17, 15) is 5.11 Å². The van der Waals surface area contributed by atoms with Crippen molar-refractivity contribution in [1.82, 2.24) is 0 Å². The molecule has 0 saturated carbocycles. The molecule has 2 nitrogen and oxygen atoms in total. The Labute approximate surface area is 104 Å². The summed E-state index contributed by atoms with van der Waals surface area (Å²) in [5.74, 6) is 1.31. The van der Waals surface area contributed by atoms with E-state index in [2.05, 4.69) is 26.0 Å². The van der Waals surface area contributed by atoms with Crippen LogP contribution in [0.15, 0.2) is 12.1 Å². The van der Waals surface area contributed by atoms with E-state index in [1.54, 1.807) is 0 Å². The van der Waals surface area contributed by atoms with Crippen LogP contribution in [0.4, 0.5) is 0 Å². The van der Waals surface area contributed by atoms with Crippen LogP contribution in [0.2, 0.25) is 0 Å². The van der Waals surface area contributed by atoms with E-state index in [0.29, 0.717) is 12.3 Å². The summed E-state index contributed by atoms with van der Waals surface area (Å²) in [6.45, 7) is 10.4. The minimum absolute atomic E-state index is 0.288. The molecule has 1 aliphatic heterocycles. The topological polar surface area (TPSA) is 29.5 Å². The van der Waals surface area contributed by atoms with Crippen molar-refractivity contribution in [2.45, 2.75) is 58.7 Å². The van der Waals surface area contributed by atoms with Crippen LogP contribution in [-0.4, -0.2) is 10.7 Å². The molecule has 0 saturated heterocycles. The fourth-order valence-electron chi connectivity index (χ4n) is 2.58. The lowest BCUT2D eigenvalue weighted by atomic mass is 9.86. The monoisotopic (exact) mass is 234 g/mol. The molecule has 0 spiro atoms. The summed E-state index contributed by atoms with van der Waals surface area (Å²) in [6.07, 6.45) is 0.245. The van der Waals surface area contributed by atoms with Crippen molar-refractivity contribution in [1.29, 1.82) is 0 Å². The van der Waals surface area contributed by atoms with Crippen LogP contribution >= 0.6 is 0 Å². The number of aliphatic hydroxyl groups excluding tert-OH is 1. The number of aliphatic hydroxyl groups is 1. The second kappa shape index (κ2) is 4.02. The molecule has 0 aliphatic carbocycles. The minimum Gasteiger partial charge on any atom is -0.487 e. The Morgan fingerprint density at radius 2 is 2.00 bits per heavy atom. The van der Waals surface area contributed by atoms with Crippen LogP contribution < -0.4 is 4.74 Å². The molecule has 0 fully saturated rings. The van der Waals surface area contributed by atoms with Gasteiger partial charge in [-0.05, 0) is 37.8 Å². The zero-order valence-corrected chi connectivity index (χ0v) is 11.4. The fraction of sp³-hybridized carbons (Fsp3) is 0.600. The van der Waals surface area contributed by atoms with Crippen molar-refractivity contribution >= 4 is 0 Å². The number of hydrogen-bond donors (Lipinski definition) is 1. The molecule has 1 aliphatic rings. The van der Waals surface area contributed by atoms with Gasteiger partial charge in [0.1, 0.15) is 11.4 Å². The molecule has 1 aromatic rings. The molecular formula is C15H22O2. The first-order valence-electron chi connectivity index (χ1n) is 6.32.